The van der Waals surface area contributed by atoms with Crippen molar-refractivity contribution in [3.63, 3.8) is 0 Å². The van der Waals surface area contributed by atoms with Gasteiger partial charge in [-0.1, -0.05) is 6.07 Å². The Morgan fingerprint density at radius 1 is 1.29 bits per heavy atom. The standard InChI is InChI=1S/C11H10FNO/c1-2-14-10-5-3-4-9-8(10)6-7-11(12)13-9/h3-7H,2H2,1H3. The van der Waals surface area contributed by atoms with Gasteiger partial charge in [0.05, 0.1) is 12.1 Å². The lowest BCUT2D eigenvalue weighted by Gasteiger charge is -2.05. The predicted octanol–water partition coefficient (Wildman–Crippen LogP) is 2.77. The van der Waals surface area contributed by atoms with Crippen LogP contribution < -0.4 is 4.74 Å². The molecule has 2 rings (SSSR count). The number of ether oxygens (including phenoxy) is 1. The SMILES string of the molecule is CCOc1cccc2nc(F)ccc12. The maximum absolute atomic E-state index is 12.8. The molecule has 14 heavy (non-hydrogen) atoms. The fourth-order valence-corrected chi connectivity index (χ4v) is 1.38. The van der Waals surface area contributed by atoms with Crippen molar-refractivity contribution in [1.29, 1.82) is 0 Å². The maximum Gasteiger partial charge on any atom is 0.213 e. The first-order valence-electron chi connectivity index (χ1n) is 4.49. The molecule has 0 aliphatic carbocycles. The average molecular weight is 191 g/mol. The number of aromatic nitrogens is 1. The highest BCUT2D eigenvalue weighted by Gasteiger charge is 2.02. The summed E-state index contributed by atoms with van der Waals surface area (Å²) in [4.78, 5) is 3.77. The Morgan fingerprint density at radius 2 is 2.14 bits per heavy atom. The molecule has 2 nitrogen and oxygen atoms in total. The van der Waals surface area contributed by atoms with Gasteiger partial charge in [-0.3, -0.25) is 0 Å². The topological polar surface area (TPSA) is 22.1 Å². The van der Waals surface area contributed by atoms with Crippen molar-refractivity contribution in [2.45, 2.75) is 6.92 Å². The summed E-state index contributed by atoms with van der Waals surface area (Å²) in [5.41, 5.74) is 0.621. The van der Waals surface area contributed by atoms with Gasteiger partial charge in [0.25, 0.3) is 0 Å². The van der Waals surface area contributed by atoms with E-state index in [-0.39, 0.29) is 0 Å². The van der Waals surface area contributed by atoms with Crippen LogP contribution in [-0.4, -0.2) is 11.6 Å². The molecule has 0 amide bonds. The Bertz CT molecular complexity index is 456. The zero-order chi connectivity index (χ0) is 9.97. The van der Waals surface area contributed by atoms with Crippen molar-refractivity contribution in [3.8, 4) is 5.75 Å². The van der Waals surface area contributed by atoms with E-state index in [9.17, 15) is 4.39 Å². The van der Waals surface area contributed by atoms with Crippen LogP contribution in [-0.2, 0) is 0 Å². The number of hydrogen-bond donors (Lipinski definition) is 0. The van der Waals surface area contributed by atoms with Crippen LogP contribution in [0, 0.1) is 5.95 Å². The van der Waals surface area contributed by atoms with Crippen molar-refractivity contribution in [1.82, 2.24) is 4.98 Å². The van der Waals surface area contributed by atoms with E-state index in [1.165, 1.54) is 6.07 Å². The number of nitrogens with zero attached hydrogens (tertiary/aromatic N) is 1. The normalized spacial score (nSPS) is 10.4. The van der Waals surface area contributed by atoms with Crippen LogP contribution in [0.4, 0.5) is 4.39 Å². The number of halogens is 1. The molecule has 0 aliphatic heterocycles. The molecule has 0 N–H and O–H groups in total. The van der Waals surface area contributed by atoms with E-state index in [0.29, 0.717) is 12.1 Å². The first-order chi connectivity index (χ1) is 6.81. The monoisotopic (exact) mass is 191 g/mol. The van der Waals surface area contributed by atoms with Gasteiger partial charge >= 0.3 is 0 Å². The van der Waals surface area contributed by atoms with Crippen LogP contribution in [0.1, 0.15) is 6.92 Å². The van der Waals surface area contributed by atoms with Gasteiger partial charge < -0.3 is 4.74 Å². The third kappa shape index (κ3) is 1.53. The maximum atomic E-state index is 12.8. The average Bonchev–Trinajstić information content (AvgIpc) is 2.18. The Kier molecular flexibility index (Phi) is 2.31. The molecule has 1 aromatic carbocycles. The summed E-state index contributed by atoms with van der Waals surface area (Å²) < 4.78 is 18.2. The molecule has 0 radical (unpaired) electrons. The first kappa shape index (κ1) is 8.94. The van der Waals surface area contributed by atoms with Crippen molar-refractivity contribution in [2.75, 3.05) is 6.61 Å². The van der Waals surface area contributed by atoms with E-state index in [2.05, 4.69) is 4.98 Å². The van der Waals surface area contributed by atoms with E-state index < -0.39 is 5.95 Å². The third-order valence-electron chi connectivity index (χ3n) is 1.96. The molecule has 0 bridgehead atoms. The second kappa shape index (κ2) is 3.62. The largest absolute Gasteiger partial charge is 0.493 e. The lowest BCUT2D eigenvalue weighted by Crippen LogP contribution is -1.93. The van der Waals surface area contributed by atoms with Crippen LogP contribution in [0.5, 0.6) is 5.75 Å². The minimum absolute atomic E-state index is 0.467. The summed E-state index contributed by atoms with van der Waals surface area (Å²) in [6, 6.07) is 8.44. The smallest absolute Gasteiger partial charge is 0.213 e. The van der Waals surface area contributed by atoms with Crippen LogP contribution in [0.3, 0.4) is 0 Å². The molecular weight excluding hydrogens is 181 g/mol. The van der Waals surface area contributed by atoms with Crippen molar-refractivity contribution in [2.24, 2.45) is 0 Å². The fourth-order valence-electron chi connectivity index (χ4n) is 1.38. The molecule has 0 unspecified atom stereocenters. The van der Waals surface area contributed by atoms with E-state index in [1.807, 2.05) is 13.0 Å². The highest BCUT2D eigenvalue weighted by Crippen LogP contribution is 2.23. The van der Waals surface area contributed by atoms with Crippen molar-refractivity contribution >= 4 is 10.9 Å². The van der Waals surface area contributed by atoms with E-state index in [0.717, 1.165) is 11.1 Å². The van der Waals surface area contributed by atoms with Gasteiger partial charge in [0.2, 0.25) is 5.95 Å². The highest BCUT2D eigenvalue weighted by atomic mass is 19.1. The zero-order valence-electron chi connectivity index (χ0n) is 7.83. The van der Waals surface area contributed by atoms with E-state index in [4.69, 9.17) is 4.74 Å². The third-order valence-corrected chi connectivity index (χ3v) is 1.96. The van der Waals surface area contributed by atoms with Crippen LogP contribution in [0.2, 0.25) is 0 Å². The second-order valence-electron chi connectivity index (χ2n) is 2.89. The van der Waals surface area contributed by atoms with Crippen molar-refractivity contribution < 1.29 is 9.13 Å². The quantitative estimate of drug-likeness (QED) is 0.681. The van der Waals surface area contributed by atoms with Crippen LogP contribution in [0.15, 0.2) is 30.3 Å². The summed E-state index contributed by atoms with van der Waals surface area (Å²) in [6.45, 7) is 2.51. The summed E-state index contributed by atoms with van der Waals surface area (Å²) in [5.74, 6) is 0.281. The molecule has 0 aliphatic rings. The fraction of sp³-hybridized carbons (Fsp3) is 0.182. The Hall–Kier alpha value is -1.64. The molecular formula is C11H10FNO. The molecule has 0 spiro atoms. The number of hydrogen-bond acceptors (Lipinski definition) is 2. The minimum atomic E-state index is -0.467. The zero-order valence-corrected chi connectivity index (χ0v) is 7.83. The number of pyridine rings is 1. The predicted molar refractivity (Wildman–Crippen MR) is 52.9 cm³/mol. The lowest BCUT2D eigenvalue weighted by molar-refractivity contribution is 0.344. The Labute approximate surface area is 81.3 Å². The molecule has 2 aromatic rings. The molecule has 0 saturated carbocycles. The molecule has 1 aromatic heterocycles. The Morgan fingerprint density at radius 3 is 2.93 bits per heavy atom. The van der Waals surface area contributed by atoms with Gasteiger partial charge in [-0.25, -0.2) is 4.98 Å². The van der Waals surface area contributed by atoms with Crippen LogP contribution in [0.25, 0.3) is 10.9 Å². The molecule has 0 atom stereocenters. The number of benzene rings is 1. The van der Waals surface area contributed by atoms with Gasteiger partial charge in [0.1, 0.15) is 5.75 Å². The summed E-state index contributed by atoms with van der Waals surface area (Å²) in [7, 11) is 0. The van der Waals surface area contributed by atoms with Gasteiger partial charge in [-0.2, -0.15) is 4.39 Å². The van der Waals surface area contributed by atoms with Gasteiger partial charge in [-0.15, -0.1) is 0 Å². The van der Waals surface area contributed by atoms with E-state index in [1.54, 1.807) is 18.2 Å². The molecule has 0 fully saturated rings. The van der Waals surface area contributed by atoms with E-state index >= 15 is 0 Å². The molecule has 72 valence electrons. The first-order valence-corrected chi connectivity index (χ1v) is 4.49. The Balaban J connectivity index is 2.62. The molecule has 1 heterocycles. The van der Waals surface area contributed by atoms with Crippen molar-refractivity contribution in [3.05, 3.63) is 36.3 Å². The number of rotatable bonds is 2. The molecule has 3 heteroatoms. The second-order valence-corrected chi connectivity index (χ2v) is 2.89. The van der Waals surface area contributed by atoms with Gasteiger partial charge in [-0.05, 0) is 31.2 Å². The van der Waals surface area contributed by atoms with Gasteiger partial charge in [0, 0.05) is 5.39 Å². The summed E-state index contributed by atoms with van der Waals surface area (Å²) in [5, 5.41) is 0.843. The lowest BCUT2D eigenvalue weighted by atomic mass is 10.2. The number of fused-ring (bicyclic) bond motifs is 1. The summed E-state index contributed by atoms with van der Waals surface area (Å²) in [6.07, 6.45) is 0. The molecule has 0 saturated heterocycles. The van der Waals surface area contributed by atoms with Crippen LogP contribution >= 0.6 is 0 Å². The van der Waals surface area contributed by atoms with Gasteiger partial charge in [0.15, 0.2) is 0 Å². The minimum Gasteiger partial charge on any atom is -0.493 e. The highest BCUT2D eigenvalue weighted by molar-refractivity contribution is 5.84. The summed E-state index contributed by atoms with van der Waals surface area (Å²) >= 11 is 0.